The summed E-state index contributed by atoms with van der Waals surface area (Å²) in [6.07, 6.45) is 5.22. The van der Waals surface area contributed by atoms with Gasteiger partial charge >= 0.3 is 0 Å². The topological polar surface area (TPSA) is 161 Å². The minimum absolute atomic E-state index is 0.0220. The van der Waals surface area contributed by atoms with Crippen molar-refractivity contribution in [2.45, 2.75) is 100.0 Å². The molecule has 1 aromatic heterocycles. The number of carbonyl (C=O) groups is 3. The average Bonchev–Trinajstić information content (AvgIpc) is 4.25. The second-order valence-electron chi connectivity index (χ2n) is 22.5. The molecule has 0 radical (unpaired) electrons. The molecule has 7 heterocycles. The summed E-state index contributed by atoms with van der Waals surface area (Å²) >= 11 is 0. The van der Waals surface area contributed by atoms with Crippen LogP contribution in [0.15, 0.2) is 134 Å². The van der Waals surface area contributed by atoms with Gasteiger partial charge in [-0.1, -0.05) is 91.1 Å². The number of methoxy groups -OCH3 is 1. The molecule has 6 aromatic rings. The van der Waals surface area contributed by atoms with E-state index in [4.69, 9.17) is 9.47 Å². The lowest BCUT2D eigenvalue weighted by molar-refractivity contribution is -0.146. The first-order chi connectivity index (χ1) is 37.4. The summed E-state index contributed by atoms with van der Waals surface area (Å²) in [5.74, 6) is 0.470. The van der Waals surface area contributed by atoms with E-state index in [1.807, 2.05) is 104 Å². The van der Waals surface area contributed by atoms with Crippen molar-refractivity contribution in [1.82, 2.24) is 25.6 Å². The molecule has 4 atom stereocenters. The van der Waals surface area contributed by atoms with Crippen molar-refractivity contribution in [2.75, 3.05) is 77.7 Å². The predicted molar refractivity (Wildman–Crippen MR) is 301 cm³/mol. The monoisotopic (exact) mass is 1050 g/mol. The summed E-state index contributed by atoms with van der Waals surface area (Å²) in [6, 6.07) is 43.1. The molecule has 16 nitrogen and oxygen atoms in total. The molecule has 12 rings (SSSR count). The molecule has 17 heteroatoms. The first-order valence-corrected chi connectivity index (χ1v) is 30.6. The quantitative estimate of drug-likeness (QED) is 0.101. The second-order valence-corrected chi connectivity index (χ2v) is 27.2. The van der Waals surface area contributed by atoms with Crippen LogP contribution in [0.1, 0.15) is 55.8 Å². The number of aliphatic hydroxyl groups is 1. The lowest BCUT2D eigenvalue weighted by Gasteiger charge is -2.39. The van der Waals surface area contributed by atoms with Gasteiger partial charge in [-0.25, -0.2) is 0 Å². The van der Waals surface area contributed by atoms with E-state index in [-0.39, 0.29) is 48.4 Å². The number of nitrogens with one attached hydrogen (secondary N) is 2. The first-order valence-electron chi connectivity index (χ1n) is 27.5. The molecule has 77 heavy (non-hydrogen) atoms. The number of carbonyl (C=O) groups excluding carboxylic acids is 3. The number of rotatable bonds is 14. The Labute approximate surface area is 451 Å². The van der Waals surface area contributed by atoms with E-state index in [1.54, 1.807) is 7.11 Å². The van der Waals surface area contributed by atoms with E-state index in [0.29, 0.717) is 64.1 Å². The minimum Gasteiger partial charge on any atom is -0.497 e. The highest BCUT2D eigenvalue weighted by molar-refractivity contribution is 6.91. The Hall–Kier alpha value is -6.89. The summed E-state index contributed by atoms with van der Waals surface area (Å²) in [6.45, 7) is 11.4. The van der Waals surface area contributed by atoms with Crippen molar-refractivity contribution in [3.8, 4) is 5.75 Å². The van der Waals surface area contributed by atoms with E-state index in [2.05, 4.69) is 99.3 Å². The Bertz CT molecular complexity index is 3150. The van der Waals surface area contributed by atoms with Crippen LogP contribution < -0.4 is 45.1 Å². The van der Waals surface area contributed by atoms with Crippen LogP contribution in [0, 0.1) is 5.92 Å². The molecular weight excluding hydrogens is 985 g/mol. The van der Waals surface area contributed by atoms with Crippen molar-refractivity contribution in [2.24, 2.45) is 5.92 Å². The normalized spacial score (nSPS) is 23.8. The van der Waals surface area contributed by atoms with Gasteiger partial charge < -0.3 is 39.9 Å². The zero-order chi connectivity index (χ0) is 53.1. The summed E-state index contributed by atoms with van der Waals surface area (Å²) in [7, 11) is -0.869. The van der Waals surface area contributed by atoms with E-state index in [0.717, 1.165) is 71.5 Å². The number of anilines is 5. The number of ether oxygens (including phenoxy) is 2. The Morgan fingerprint density at radius 3 is 1.88 bits per heavy atom. The highest BCUT2D eigenvalue weighted by Gasteiger charge is 2.67. The van der Waals surface area contributed by atoms with Crippen LogP contribution in [0.5, 0.6) is 5.75 Å². The Balaban J connectivity index is 0.949. The highest BCUT2D eigenvalue weighted by Crippen LogP contribution is 2.61. The van der Waals surface area contributed by atoms with E-state index < -0.39 is 24.8 Å². The van der Waals surface area contributed by atoms with Gasteiger partial charge in [0.2, 0.25) is 0 Å². The number of piperidine rings is 2. The molecule has 3 spiro atoms. The Kier molecular flexibility index (Phi) is 13.3. The molecule has 3 N–H and O–H groups in total. The third kappa shape index (κ3) is 8.43. The average molecular weight is 1060 g/mol. The number of aryl methyl sites for hydroxylation is 1. The van der Waals surface area contributed by atoms with Crippen molar-refractivity contribution >= 4 is 59.4 Å². The van der Waals surface area contributed by atoms with Gasteiger partial charge in [0.15, 0.2) is 5.60 Å². The molecule has 3 amide bonds. The van der Waals surface area contributed by atoms with Crippen molar-refractivity contribution in [1.29, 1.82) is 0 Å². The van der Waals surface area contributed by atoms with Crippen LogP contribution in [-0.2, 0) is 44.2 Å². The Morgan fingerprint density at radius 1 is 0.714 bits per heavy atom. The van der Waals surface area contributed by atoms with Gasteiger partial charge in [0.05, 0.1) is 52.6 Å². The molecular formula is C60H70N10O6Si. The molecule has 0 bridgehead atoms. The van der Waals surface area contributed by atoms with Crippen molar-refractivity contribution < 1.29 is 29.0 Å². The van der Waals surface area contributed by atoms with Gasteiger partial charge in [-0.3, -0.25) is 28.9 Å². The number of hydrogen-bond donors (Lipinski definition) is 3. The summed E-state index contributed by atoms with van der Waals surface area (Å²) in [5.41, 5.74) is 3.76. The van der Waals surface area contributed by atoms with E-state index in [9.17, 15) is 9.90 Å². The fraction of sp³-hybridized carbons (Fsp3) is 0.417. The maximum atomic E-state index is 16.3. The van der Waals surface area contributed by atoms with Crippen LogP contribution in [0.3, 0.4) is 0 Å². The van der Waals surface area contributed by atoms with Gasteiger partial charge in [-0.15, -0.1) is 5.10 Å². The zero-order valence-corrected chi connectivity index (χ0v) is 45.6. The molecule has 400 valence electrons. The molecule has 5 aromatic carbocycles. The maximum absolute atomic E-state index is 16.3. The number of nitrogens with zero attached hydrogens (tertiary/aromatic N) is 8. The lowest BCUT2D eigenvalue weighted by atomic mass is 9.82. The number of aromatic nitrogens is 3. The highest BCUT2D eigenvalue weighted by atomic mass is 28.3. The molecule has 5 fully saturated rings. The second kappa shape index (κ2) is 20.2. The van der Waals surface area contributed by atoms with Crippen LogP contribution in [0.25, 0.3) is 0 Å². The van der Waals surface area contributed by atoms with Crippen LogP contribution >= 0.6 is 0 Å². The summed E-state index contributed by atoms with van der Waals surface area (Å²) in [5, 5.41) is 26.6. The van der Waals surface area contributed by atoms with Crippen LogP contribution in [-0.4, -0.2) is 116 Å². The summed E-state index contributed by atoms with van der Waals surface area (Å²) < 4.78 is 15.1. The molecule has 6 aliphatic heterocycles. The number of fused-ring (bicyclic) bond motifs is 2. The van der Waals surface area contributed by atoms with Gasteiger partial charge in [-0.05, 0) is 136 Å². The number of amides is 3. The molecule has 0 aliphatic carbocycles. The minimum atomic E-state index is -2.55. The predicted octanol–water partition coefficient (Wildman–Crippen LogP) is 6.54. The van der Waals surface area contributed by atoms with Crippen molar-refractivity contribution in [3.63, 3.8) is 0 Å². The van der Waals surface area contributed by atoms with Gasteiger partial charge in [-0.2, -0.15) is 0 Å². The lowest BCUT2D eigenvalue weighted by Crippen LogP contribution is -2.55. The largest absolute Gasteiger partial charge is 0.497 e. The van der Waals surface area contributed by atoms with E-state index >= 15 is 9.59 Å². The number of hydrogen-bond acceptors (Lipinski definition) is 12. The van der Waals surface area contributed by atoms with Crippen LogP contribution in [0.2, 0.25) is 18.6 Å². The molecule has 6 aliphatic rings. The third-order valence-corrected chi connectivity index (χ3v) is 22.5. The molecule has 0 unspecified atom stereocenters. The number of aliphatic hydroxyl groups excluding tert-OH is 1. The SMILES string of the molecule is COc1ccc([Si](C)(C)[C@@H]2[C@@H](CCn3cc(CCO)nn3)O[C@]3(C(=O)N(Cc4cccc(N5CN(c6ccccc6)C6(CCNCC6)C5=O)c4)c4ccc(N5CN(c6ccccc6)C6(CCNCC6)C5=O)cc43)[C@H]2C)cc1. The maximum Gasteiger partial charge on any atom is 0.264 e. The van der Waals surface area contributed by atoms with Crippen molar-refractivity contribution in [3.05, 3.63) is 150 Å². The number of para-hydroxylation sites is 2. The summed E-state index contributed by atoms with van der Waals surface area (Å²) in [4.78, 5) is 56.8. The fourth-order valence-electron chi connectivity index (χ4n) is 14.2. The Morgan fingerprint density at radius 2 is 1.30 bits per heavy atom. The van der Waals surface area contributed by atoms with Gasteiger partial charge in [0.25, 0.3) is 17.7 Å². The zero-order valence-electron chi connectivity index (χ0n) is 44.6. The van der Waals surface area contributed by atoms with E-state index in [1.165, 1.54) is 5.19 Å². The molecule has 5 saturated heterocycles. The third-order valence-electron chi connectivity index (χ3n) is 18.2. The van der Waals surface area contributed by atoms with Gasteiger partial charge in [0, 0.05) is 60.0 Å². The first kappa shape index (κ1) is 50.9. The fourth-order valence-corrected chi connectivity index (χ4v) is 18.2. The molecule has 0 saturated carbocycles. The standard InChI is InChI=1S/C60H70N10O6Si/c1-42-54(77(3,4)50-21-19-49(75-2)20-22-50)53(24-34-65-39-44(25-35-71)63-64-65)76-60(42)51-37-48(68-41-70(46-15-9-6-10-16-46)59(56(68)73)28-32-62-33-29-59)18-23-52(51)66(57(60)74)38-43-12-11-17-47(36-43)67-40-69(45-13-7-5-8-14-45)58(55(67)72)26-30-61-31-27-58/h5-23,36-37,39,42,53-54,61-62,71H,24-35,38,40-41H2,1-4H3/t42-,53+,54-,60+/m0/s1. The smallest absolute Gasteiger partial charge is 0.264 e. The number of benzene rings is 5. The van der Waals surface area contributed by atoms with Gasteiger partial charge in [0.1, 0.15) is 16.8 Å². The van der Waals surface area contributed by atoms with Crippen LogP contribution in [0.4, 0.5) is 28.4 Å².